The molecule has 1 saturated heterocycles. The molecule has 8 heteroatoms. The van der Waals surface area contributed by atoms with Crippen molar-refractivity contribution < 1.29 is 18.7 Å². The summed E-state index contributed by atoms with van der Waals surface area (Å²) in [7, 11) is 1.20. The molecule has 1 heterocycles. The van der Waals surface area contributed by atoms with E-state index < -0.39 is 17.7 Å². The summed E-state index contributed by atoms with van der Waals surface area (Å²) in [4.78, 5) is 22.8. The number of amides is 1. The monoisotopic (exact) mass is 331 g/mol. The summed E-state index contributed by atoms with van der Waals surface area (Å²) in [5, 5.41) is 10.0. The summed E-state index contributed by atoms with van der Waals surface area (Å²) in [6.07, 6.45) is 7.46. The first-order valence-corrected chi connectivity index (χ1v) is 7.01. The molecule has 1 fully saturated rings. The molecule has 0 aliphatic carbocycles. The van der Waals surface area contributed by atoms with Crippen molar-refractivity contribution in [2.45, 2.75) is 0 Å². The summed E-state index contributed by atoms with van der Waals surface area (Å²) in [5.74, 6) is 0.744. The molecule has 116 valence electrons. The Morgan fingerprint density at radius 3 is 3.00 bits per heavy atom. The number of benzene rings is 1. The molecule has 1 aromatic carbocycles. The number of halogens is 1. The molecule has 2 rings (SSSR count). The average Bonchev–Trinajstić information content (AvgIpc) is 2.88. The smallest absolute Gasteiger partial charge is 0.331 e. The van der Waals surface area contributed by atoms with Gasteiger partial charge in [-0.2, -0.15) is 5.10 Å². The largest absolute Gasteiger partial charge is 0.466 e. The van der Waals surface area contributed by atoms with Gasteiger partial charge >= 0.3 is 5.97 Å². The predicted molar refractivity (Wildman–Crippen MR) is 85.2 cm³/mol. The lowest BCUT2D eigenvalue weighted by Crippen LogP contribution is -2.19. The predicted octanol–water partition coefficient (Wildman–Crippen LogP) is 1.42. The van der Waals surface area contributed by atoms with Crippen molar-refractivity contribution in [1.82, 2.24) is 5.32 Å². The quantitative estimate of drug-likeness (QED) is 0.299. The lowest BCUT2D eigenvalue weighted by atomic mass is 10.1. The number of esters is 1. The van der Waals surface area contributed by atoms with Crippen LogP contribution in [0.4, 0.5) is 4.39 Å². The van der Waals surface area contributed by atoms with Crippen LogP contribution in [0.5, 0.6) is 0 Å². The molecule has 6 nitrogen and oxygen atoms in total. The summed E-state index contributed by atoms with van der Waals surface area (Å²) >= 11 is 0.919. The summed E-state index contributed by atoms with van der Waals surface area (Å²) < 4.78 is 18.0. The third-order valence-corrected chi connectivity index (χ3v) is 3.51. The number of nitrogens with zero attached hydrogens (tertiary/aromatic N) is 2. The second-order valence-corrected chi connectivity index (χ2v) is 5.15. The minimum atomic E-state index is -0.652. The second-order valence-electron chi connectivity index (χ2n) is 4.12. The number of carbonyl (C=O) groups is 2. The maximum Gasteiger partial charge on any atom is 0.331 e. The molecule has 0 unspecified atom stereocenters. The van der Waals surface area contributed by atoms with Crippen LogP contribution in [0.1, 0.15) is 11.1 Å². The molecule has 1 amide bonds. The van der Waals surface area contributed by atoms with Gasteiger partial charge in [-0.1, -0.05) is 5.92 Å². The van der Waals surface area contributed by atoms with Gasteiger partial charge in [-0.05, 0) is 30.0 Å². The topological polar surface area (TPSA) is 80.1 Å². The van der Waals surface area contributed by atoms with Gasteiger partial charge in [-0.15, -0.1) is 11.5 Å². The van der Waals surface area contributed by atoms with Crippen molar-refractivity contribution in [3.05, 3.63) is 46.1 Å². The molecule has 0 aromatic heterocycles. The zero-order valence-corrected chi connectivity index (χ0v) is 12.7. The Morgan fingerprint density at radius 2 is 2.30 bits per heavy atom. The molecule has 0 radical (unpaired) electrons. The Labute approximate surface area is 135 Å². The van der Waals surface area contributed by atoms with Crippen LogP contribution >= 0.6 is 11.8 Å². The van der Waals surface area contributed by atoms with E-state index in [0.29, 0.717) is 5.56 Å². The molecule has 0 atom stereocenters. The fraction of sp³-hybridized carbons (Fsp3) is 0.0667. The summed E-state index contributed by atoms with van der Waals surface area (Å²) in [6, 6.07) is 4.14. The van der Waals surface area contributed by atoms with Gasteiger partial charge in [0.1, 0.15) is 5.82 Å². The van der Waals surface area contributed by atoms with Crippen molar-refractivity contribution >= 4 is 35.0 Å². The van der Waals surface area contributed by atoms with Gasteiger partial charge in [0, 0.05) is 17.2 Å². The highest BCUT2D eigenvalue weighted by molar-refractivity contribution is 8.18. The van der Waals surface area contributed by atoms with E-state index in [2.05, 4.69) is 26.2 Å². The molecule has 1 aliphatic heterocycles. The number of ether oxygens (including phenoxy) is 1. The number of terminal acetylenes is 1. The number of carbonyl (C=O) groups excluding carboxylic acids is 2. The van der Waals surface area contributed by atoms with Crippen LogP contribution in [0.25, 0.3) is 0 Å². The van der Waals surface area contributed by atoms with E-state index in [4.69, 9.17) is 6.42 Å². The van der Waals surface area contributed by atoms with Gasteiger partial charge in [0.2, 0.25) is 0 Å². The number of rotatable bonds is 3. The molecule has 23 heavy (non-hydrogen) atoms. The first-order valence-electron chi connectivity index (χ1n) is 6.19. The van der Waals surface area contributed by atoms with E-state index in [9.17, 15) is 14.0 Å². The highest BCUT2D eigenvalue weighted by Gasteiger charge is 2.24. The number of amidine groups is 1. The van der Waals surface area contributed by atoms with Crippen molar-refractivity contribution in [2.24, 2.45) is 10.2 Å². The van der Waals surface area contributed by atoms with Crippen LogP contribution in [-0.4, -0.2) is 30.4 Å². The maximum atomic E-state index is 13.6. The van der Waals surface area contributed by atoms with Crippen LogP contribution in [0.3, 0.4) is 0 Å². The third kappa shape index (κ3) is 4.28. The van der Waals surface area contributed by atoms with E-state index in [1.165, 1.54) is 31.5 Å². The minimum absolute atomic E-state index is 0.131. The van der Waals surface area contributed by atoms with Crippen LogP contribution in [0.2, 0.25) is 0 Å². The Bertz CT molecular complexity index is 794. The standard InChI is InChI=1S/C15H10FN3O3S/c1-3-9-4-5-11(16)10(6-9)8-17-19-15-18-14(21)12(23-15)7-13(20)22-2/h1,4-8H,2H3,(H,18,19,21)/b12-7+,17-8?. The van der Waals surface area contributed by atoms with Crippen molar-refractivity contribution in [3.63, 3.8) is 0 Å². The van der Waals surface area contributed by atoms with E-state index in [1.807, 2.05) is 0 Å². The van der Waals surface area contributed by atoms with Crippen LogP contribution in [0.15, 0.2) is 39.4 Å². The Morgan fingerprint density at radius 1 is 1.52 bits per heavy atom. The average molecular weight is 331 g/mol. The Balaban J connectivity index is 2.13. The van der Waals surface area contributed by atoms with E-state index >= 15 is 0 Å². The number of hydrogen-bond donors (Lipinski definition) is 1. The molecule has 0 saturated carbocycles. The SMILES string of the molecule is C#Cc1ccc(F)c(C=N/N=C2/NC(=O)/C(=C\C(=O)OC)S2)c1. The normalized spacial score (nSPS) is 17.5. The van der Waals surface area contributed by atoms with Gasteiger partial charge in [-0.25, -0.2) is 9.18 Å². The highest BCUT2D eigenvalue weighted by Crippen LogP contribution is 2.23. The summed E-state index contributed by atoms with van der Waals surface area (Å²) in [6.45, 7) is 0. The molecule has 1 N–H and O–H groups in total. The number of hydrogen-bond acceptors (Lipinski definition) is 6. The van der Waals surface area contributed by atoms with Crippen molar-refractivity contribution in [2.75, 3.05) is 7.11 Å². The summed E-state index contributed by atoms with van der Waals surface area (Å²) in [5.41, 5.74) is 0.678. The molecule has 1 aromatic rings. The van der Waals surface area contributed by atoms with Gasteiger partial charge in [0.25, 0.3) is 5.91 Å². The molecular weight excluding hydrogens is 321 g/mol. The molecule has 0 bridgehead atoms. The van der Waals surface area contributed by atoms with Crippen LogP contribution in [0, 0.1) is 18.2 Å². The van der Waals surface area contributed by atoms with Gasteiger partial charge < -0.3 is 4.74 Å². The number of nitrogens with one attached hydrogen (secondary N) is 1. The first-order chi connectivity index (χ1) is 11.0. The fourth-order valence-electron chi connectivity index (χ4n) is 1.52. The lowest BCUT2D eigenvalue weighted by Gasteiger charge is -1.96. The number of methoxy groups -OCH3 is 1. The first kappa shape index (κ1) is 16.5. The van der Waals surface area contributed by atoms with Crippen molar-refractivity contribution in [1.29, 1.82) is 0 Å². The van der Waals surface area contributed by atoms with E-state index in [-0.39, 0.29) is 15.6 Å². The second kappa shape index (κ2) is 7.38. The van der Waals surface area contributed by atoms with Crippen LogP contribution < -0.4 is 5.32 Å². The van der Waals surface area contributed by atoms with Gasteiger partial charge in [-0.3, -0.25) is 10.1 Å². The third-order valence-electron chi connectivity index (χ3n) is 2.61. The minimum Gasteiger partial charge on any atom is -0.466 e. The number of thioether (sulfide) groups is 1. The molecule has 0 spiro atoms. The van der Waals surface area contributed by atoms with Gasteiger partial charge in [0.15, 0.2) is 5.17 Å². The van der Waals surface area contributed by atoms with E-state index in [0.717, 1.165) is 17.8 Å². The van der Waals surface area contributed by atoms with Gasteiger partial charge in [0.05, 0.1) is 18.2 Å². The maximum absolute atomic E-state index is 13.6. The van der Waals surface area contributed by atoms with Crippen molar-refractivity contribution in [3.8, 4) is 12.3 Å². The highest BCUT2D eigenvalue weighted by atomic mass is 32.2. The lowest BCUT2D eigenvalue weighted by molar-refractivity contribution is -0.135. The molecular formula is C15H10FN3O3S. The molecule has 1 aliphatic rings. The van der Waals surface area contributed by atoms with E-state index in [1.54, 1.807) is 0 Å². The Hall–Kier alpha value is -2.92. The fourth-order valence-corrected chi connectivity index (χ4v) is 2.26. The zero-order valence-electron chi connectivity index (χ0n) is 11.9. The Kier molecular flexibility index (Phi) is 5.28. The zero-order chi connectivity index (χ0) is 16.8. The van der Waals surface area contributed by atoms with Crippen LogP contribution in [-0.2, 0) is 14.3 Å².